The van der Waals surface area contributed by atoms with Crippen molar-refractivity contribution in [1.29, 1.82) is 0 Å². The number of allylic oxidation sites excluding steroid dienone is 2. The number of carboxylic acids is 1. The minimum atomic E-state index is -1.96. The third-order valence-electron chi connectivity index (χ3n) is 19.3. The zero-order chi connectivity index (χ0) is 48.3. The van der Waals surface area contributed by atoms with Crippen molar-refractivity contribution in [3.05, 3.63) is 11.6 Å². The number of aliphatic hydroxyl groups excluding tert-OH is 10. The van der Waals surface area contributed by atoms with Gasteiger partial charge in [0.25, 0.3) is 0 Å². The summed E-state index contributed by atoms with van der Waals surface area (Å²) < 4.78 is 35.1. The number of fused-ring (bicyclic) bond motifs is 7. The topological polar surface area (TPSA) is 312 Å². The number of hydrogen-bond donors (Lipinski definition) is 11. The Balaban J connectivity index is 1.03. The van der Waals surface area contributed by atoms with Gasteiger partial charge in [0.1, 0.15) is 61.0 Å². The molecule has 376 valence electrons. The van der Waals surface area contributed by atoms with Gasteiger partial charge in [0.05, 0.1) is 31.3 Å². The van der Waals surface area contributed by atoms with Crippen LogP contribution in [-0.2, 0) is 38.0 Å². The minimum absolute atomic E-state index is 0.0371. The molecule has 0 aromatic carbocycles. The summed E-state index contributed by atoms with van der Waals surface area (Å²) in [5.74, 6) is -2.02. The van der Waals surface area contributed by atoms with Crippen molar-refractivity contribution >= 4 is 11.9 Å². The van der Waals surface area contributed by atoms with Gasteiger partial charge >= 0.3 is 11.9 Å². The third kappa shape index (κ3) is 7.73. The Labute approximate surface area is 385 Å². The number of carboxylic acid groups (broad SMARTS) is 1. The van der Waals surface area contributed by atoms with Crippen molar-refractivity contribution in [2.75, 3.05) is 19.8 Å². The van der Waals surface area contributed by atoms with Crippen LogP contribution in [-0.4, -0.2) is 180 Å². The number of ether oxygens (including phenoxy) is 6. The Hall–Kier alpha value is -1.92. The molecular weight excluding hydrogens is 868 g/mol. The summed E-state index contributed by atoms with van der Waals surface area (Å²) in [5.41, 5.74) is -1.38. The lowest BCUT2D eigenvalue weighted by Gasteiger charge is -2.71. The largest absolute Gasteiger partial charge is 0.479 e. The van der Waals surface area contributed by atoms with E-state index >= 15 is 0 Å². The van der Waals surface area contributed by atoms with Gasteiger partial charge < -0.3 is 84.6 Å². The van der Waals surface area contributed by atoms with Crippen molar-refractivity contribution in [3.8, 4) is 0 Å². The van der Waals surface area contributed by atoms with Gasteiger partial charge in [-0.3, -0.25) is 4.79 Å². The Morgan fingerprint density at radius 2 is 1.39 bits per heavy atom. The van der Waals surface area contributed by atoms with E-state index in [4.69, 9.17) is 28.4 Å². The van der Waals surface area contributed by atoms with E-state index in [0.29, 0.717) is 25.7 Å². The molecule has 24 unspecified atom stereocenters. The third-order valence-corrected chi connectivity index (χ3v) is 19.3. The van der Waals surface area contributed by atoms with Crippen LogP contribution in [0.15, 0.2) is 11.6 Å². The minimum Gasteiger partial charge on any atom is -0.479 e. The monoisotopic (exact) mass is 942 g/mol. The molecule has 7 fully saturated rings. The van der Waals surface area contributed by atoms with Crippen molar-refractivity contribution < 1.29 is 94.2 Å². The van der Waals surface area contributed by atoms with Gasteiger partial charge in [-0.25, -0.2) is 4.79 Å². The number of carbonyl (C=O) groups is 2. The molecule has 19 nitrogen and oxygen atoms in total. The van der Waals surface area contributed by atoms with Crippen LogP contribution in [0.25, 0.3) is 0 Å². The van der Waals surface area contributed by atoms with Gasteiger partial charge in [0.2, 0.25) is 6.29 Å². The Bertz CT molecular complexity index is 1850. The lowest BCUT2D eigenvalue weighted by atomic mass is 9.33. The van der Waals surface area contributed by atoms with Crippen molar-refractivity contribution in [2.24, 2.45) is 50.2 Å². The van der Waals surface area contributed by atoms with Crippen LogP contribution >= 0.6 is 0 Å². The quantitative estimate of drug-likeness (QED) is 0.0813. The molecule has 0 spiro atoms. The molecule has 66 heavy (non-hydrogen) atoms. The first-order valence-corrected chi connectivity index (χ1v) is 23.9. The van der Waals surface area contributed by atoms with Gasteiger partial charge in [0.15, 0.2) is 18.7 Å². The fourth-order valence-corrected chi connectivity index (χ4v) is 14.7. The lowest BCUT2D eigenvalue weighted by Crippen LogP contribution is -2.67. The lowest BCUT2D eigenvalue weighted by molar-refractivity contribution is -0.367. The van der Waals surface area contributed by atoms with Crippen molar-refractivity contribution in [2.45, 2.75) is 198 Å². The summed E-state index contributed by atoms with van der Waals surface area (Å²) in [6.07, 6.45) is -14.4. The molecule has 0 aromatic rings. The van der Waals surface area contributed by atoms with E-state index in [2.05, 4.69) is 33.8 Å². The van der Waals surface area contributed by atoms with Crippen LogP contribution in [0.2, 0.25) is 0 Å². The van der Waals surface area contributed by atoms with E-state index in [-0.39, 0.29) is 46.0 Å². The second-order valence-electron chi connectivity index (χ2n) is 22.8. The maximum atomic E-state index is 14.1. The molecule has 8 rings (SSSR count). The van der Waals surface area contributed by atoms with Gasteiger partial charge in [-0.1, -0.05) is 46.3 Å². The fourth-order valence-electron chi connectivity index (χ4n) is 14.7. The predicted octanol–water partition coefficient (Wildman–Crippen LogP) is -0.156. The number of hydrogen-bond acceptors (Lipinski definition) is 18. The molecule has 0 amide bonds. The van der Waals surface area contributed by atoms with Crippen LogP contribution in [0.3, 0.4) is 0 Å². The maximum absolute atomic E-state index is 14.1. The van der Waals surface area contributed by atoms with Crippen LogP contribution in [0.5, 0.6) is 0 Å². The molecule has 3 saturated heterocycles. The summed E-state index contributed by atoms with van der Waals surface area (Å²) in [5, 5.41) is 116. The zero-order valence-corrected chi connectivity index (χ0v) is 38.8. The first kappa shape index (κ1) is 50.5. The summed E-state index contributed by atoms with van der Waals surface area (Å²) >= 11 is 0. The Morgan fingerprint density at radius 1 is 0.712 bits per heavy atom. The summed E-state index contributed by atoms with van der Waals surface area (Å²) in [4.78, 5) is 26.4. The first-order valence-electron chi connectivity index (χ1n) is 23.9. The van der Waals surface area contributed by atoms with E-state index in [1.165, 1.54) is 5.57 Å². The molecule has 8 aliphatic rings. The fraction of sp³-hybridized carbons (Fsp3) is 0.915. The SMILES string of the molecule is CC1(C(=O)OC2OC(CO)C(O)C(O)C2O)CCC2(C)CCC3(C)C(=CCC4C5(C)CCC(OC6OC(C(=O)O)C(O)C(O)C6OC6OCC(O)C(O)C6O)C(C)(CO)C5CCC43C)C2C1. The highest BCUT2D eigenvalue weighted by Crippen LogP contribution is 2.76. The van der Waals surface area contributed by atoms with E-state index in [1.54, 1.807) is 0 Å². The van der Waals surface area contributed by atoms with Gasteiger partial charge in [-0.15, -0.1) is 0 Å². The van der Waals surface area contributed by atoms with Crippen LogP contribution in [0.4, 0.5) is 0 Å². The molecule has 5 aliphatic carbocycles. The molecule has 0 aromatic heterocycles. The predicted molar refractivity (Wildman–Crippen MR) is 226 cm³/mol. The molecule has 3 aliphatic heterocycles. The maximum Gasteiger partial charge on any atom is 0.335 e. The number of aliphatic hydroxyl groups is 10. The number of aliphatic carboxylic acids is 1. The van der Waals surface area contributed by atoms with Gasteiger partial charge in [-0.05, 0) is 111 Å². The highest BCUT2D eigenvalue weighted by Gasteiger charge is 2.69. The number of esters is 1. The Morgan fingerprint density at radius 3 is 2.06 bits per heavy atom. The summed E-state index contributed by atoms with van der Waals surface area (Å²) in [7, 11) is 0. The number of carbonyl (C=O) groups excluding carboxylic acids is 1. The highest BCUT2D eigenvalue weighted by molar-refractivity contribution is 5.77. The van der Waals surface area contributed by atoms with E-state index in [0.717, 1.165) is 38.5 Å². The van der Waals surface area contributed by atoms with Crippen LogP contribution in [0.1, 0.15) is 106 Å². The van der Waals surface area contributed by atoms with Crippen LogP contribution in [0, 0.1) is 50.2 Å². The number of rotatable bonds is 9. The normalized spacial score (nSPS) is 55.0. The molecular formula is C47H74O19. The van der Waals surface area contributed by atoms with E-state index in [9.17, 15) is 65.8 Å². The van der Waals surface area contributed by atoms with Gasteiger partial charge in [-0.2, -0.15) is 0 Å². The van der Waals surface area contributed by atoms with E-state index in [1.807, 2.05) is 13.8 Å². The molecule has 0 bridgehead atoms. The average Bonchev–Trinajstić information content (AvgIpc) is 3.27. The second kappa shape index (κ2) is 17.7. The van der Waals surface area contributed by atoms with E-state index < -0.39 is 128 Å². The molecule has 3 heterocycles. The molecule has 0 radical (unpaired) electrons. The van der Waals surface area contributed by atoms with Gasteiger partial charge in [0, 0.05) is 5.41 Å². The van der Waals surface area contributed by atoms with Crippen LogP contribution < -0.4 is 0 Å². The van der Waals surface area contributed by atoms with Crippen molar-refractivity contribution in [3.63, 3.8) is 0 Å². The Kier molecular flexibility index (Phi) is 13.6. The molecule has 19 heteroatoms. The molecule has 11 N–H and O–H groups in total. The first-order chi connectivity index (χ1) is 30.8. The molecule has 4 saturated carbocycles. The summed E-state index contributed by atoms with van der Waals surface area (Å²) in [6.45, 7) is 11.9. The highest BCUT2D eigenvalue weighted by atomic mass is 16.8. The standard InChI is InChI=1S/C47H74O19/c1-42-13-14-43(2,41(60)66-39-34(57)30(53)29(52)24(18-48)62-39)17-22(42)21-7-8-26-44(3)11-10-27(45(4,20-49)25(44)9-12-47(26,6)46(21,5)16-15-42)63-40-36(32(55)31(54)35(64-40)37(58)59)65-38-33(56)28(51)23(50)19-61-38/h7,22-36,38-40,48-57H,8-20H2,1-6H3,(H,58,59). The second-order valence-corrected chi connectivity index (χ2v) is 22.8. The smallest absolute Gasteiger partial charge is 0.335 e. The summed E-state index contributed by atoms with van der Waals surface area (Å²) in [6, 6.07) is 0. The zero-order valence-electron chi connectivity index (χ0n) is 38.8. The van der Waals surface area contributed by atoms with Crippen molar-refractivity contribution in [1.82, 2.24) is 0 Å². The molecule has 24 atom stereocenters. The average molecular weight is 943 g/mol.